The zero-order chi connectivity index (χ0) is 11.7. The van der Waals surface area contributed by atoms with Crippen LogP contribution in [0.3, 0.4) is 0 Å². The summed E-state index contributed by atoms with van der Waals surface area (Å²) >= 11 is 5.78. The van der Waals surface area contributed by atoms with Crippen molar-refractivity contribution < 1.29 is 8.81 Å². The Morgan fingerprint density at radius 2 is 2.25 bits per heavy atom. The zero-order valence-electron chi connectivity index (χ0n) is 8.58. The summed E-state index contributed by atoms with van der Waals surface area (Å²) in [7, 11) is 0. The summed E-state index contributed by atoms with van der Waals surface area (Å²) in [6.07, 6.45) is 1.44. The third-order valence-electron chi connectivity index (χ3n) is 2.11. The lowest BCUT2D eigenvalue weighted by Gasteiger charge is -2.00. The number of hydrogen-bond acceptors (Lipinski definition) is 3. The van der Waals surface area contributed by atoms with Crippen LogP contribution in [0.5, 0.6) is 0 Å². The Labute approximate surface area is 97.0 Å². The summed E-state index contributed by atoms with van der Waals surface area (Å²) in [5.74, 6) is 0.290. The molecule has 0 spiro atoms. The molecule has 3 nitrogen and oxygen atoms in total. The van der Waals surface area contributed by atoms with E-state index in [1.54, 1.807) is 6.92 Å². The molecule has 0 saturated carbocycles. The number of nitrogens with zero attached hydrogens (tertiary/aromatic N) is 1. The van der Waals surface area contributed by atoms with Crippen molar-refractivity contribution in [2.24, 2.45) is 5.73 Å². The standard InChI is InChI=1S/C11H10ClFN2O/c1-6(14)11-15-5-10(16-11)8-4-7(12)2-3-9(8)13/h2-6H,14H2,1H3. The Morgan fingerprint density at radius 1 is 1.50 bits per heavy atom. The second-order valence-corrected chi connectivity index (χ2v) is 3.91. The van der Waals surface area contributed by atoms with E-state index in [-0.39, 0.29) is 11.6 Å². The number of aromatic nitrogens is 1. The molecule has 0 fully saturated rings. The summed E-state index contributed by atoms with van der Waals surface area (Å²) in [5.41, 5.74) is 5.88. The van der Waals surface area contributed by atoms with Crippen molar-refractivity contribution in [3.05, 3.63) is 41.1 Å². The van der Waals surface area contributed by atoms with E-state index in [2.05, 4.69) is 4.98 Å². The van der Waals surface area contributed by atoms with Gasteiger partial charge in [-0.25, -0.2) is 9.37 Å². The largest absolute Gasteiger partial charge is 0.439 e. The number of nitrogens with two attached hydrogens (primary N) is 1. The molecule has 1 aromatic carbocycles. The molecule has 84 valence electrons. The second kappa shape index (κ2) is 4.23. The molecule has 0 aliphatic heterocycles. The first-order valence-corrected chi connectivity index (χ1v) is 5.12. The molecular formula is C11H10ClFN2O. The van der Waals surface area contributed by atoms with E-state index in [1.165, 1.54) is 24.4 Å². The van der Waals surface area contributed by atoms with Gasteiger partial charge in [-0.15, -0.1) is 0 Å². The number of rotatable bonds is 2. The third kappa shape index (κ3) is 2.08. The Bertz CT molecular complexity index is 510. The summed E-state index contributed by atoms with van der Waals surface area (Å²) in [4.78, 5) is 3.96. The molecule has 1 aromatic heterocycles. The van der Waals surface area contributed by atoms with Gasteiger partial charge in [0.1, 0.15) is 5.82 Å². The van der Waals surface area contributed by atoms with Crippen LogP contribution in [-0.4, -0.2) is 4.98 Å². The average molecular weight is 241 g/mol. The minimum Gasteiger partial charge on any atom is -0.439 e. The van der Waals surface area contributed by atoms with Gasteiger partial charge in [-0.2, -0.15) is 0 Å². The lowest BCUT2D eigenvalue weighted by atomic mass is 10.2. The zero-order valence-corrected chi connectivity index (χ0v) is 9.33. The van der Waals surface area contributed by atoms with Crippen LogP contribution >= 0.6 is 11.6 Å². The fourth-order valence-corrected chi connectivity index (χ4v) is 1.48. The summed E-state index contributed by atoms with van der Waals surface area (Å²) < 4.78 is 18.8. The fourth-order valence-electron chi connectivity index (χ4n) is 1.31. The fraction of sp³-hybridized carbons (Fsp3) is 0.182. The van der Waals surface area contributed by atoms with E-state index < -0.39 is 5.82 Å². The van der Waals surface area contributed by atoms with E-state index in [0.717, 1.165) is 0 Å². The summed E-state index contributed by atoms with van der Waals surface area (Å²) in [6.45, 7) is 1.74. The van der Waals surface area contributed by atoms with Crippen LogP contribution < -0.4 is 5.73 Å². The van der Waals surface area contributed by atoms with Crippen molar-refractivity contribution >= 4 is 11.6 Å². The molecule has 16 heavy (non-hydrogen) atoms. The monoisotopic (exact) mass is 240 g/mol. The molecule has 0 bridgehead atoms. The Kier molecular flexibility index (Phi) is 2.94. The van der Waals surface area contributed by atoms with Crippen molar-refractivity contribution in [1.29, 1.82) is 0 Å². The van der Waals surface area contributed by atoms with Crippen LogP contribution in [0.15, 0.2) is 28.8 Å². The maximum Gasteiger partial charge on any atom is 0.211 e. The van der Waals surface area contributed by atoms with Crippen molar-refractivity contribution in [3.63, 3.8) is 0 Å². The third-order valence-corrected chi connectivity index (χ3v) is 2.34. The predicted molar refractivity (Wildman–Crippen MR) is 59.5 cm³/mol. The molecule has 2 N–H and O–H groups in total. The van der Waals surface area contributed by atoms with Crippen LogP contribution in [0.25, 0.3) is 11.3 Å². The van der Waals surface area contributed by atoms with E-state index in [0.29, 0.717) is 16.7 Å². The van der Waals surface area contributed by atoms with E-state index in [9.17, 15) is 4.39 Å². The number of halogens is 2. The second-order valence-electron chi connectivity index (χ2n) is 3.48. The van der Waals surface area contributed by atoms with E-state index in [1.807, 2.05) is 0 Å². The molecule has 1 unspecified atom stereocenters. The highest BCUT2D eigenvalue weighted by Gasteiger charge is 2.13. The van der Waals surface area contributed by atoms with Crippen molar-refractivity contribution in [2.45, 2.75) is 13.0 Å². The first-order valence-electron chi connectivity index (χ1n) is 4.74. The number of oxazole rings is 1. The maximum absolute atomic E-state index is 13.5. The van der Waals surface area contributed by atoms with Gasteiger partial charge in [-0.1, -0.05) is 11.6 Å². The normalized spacial score (nSPS) is 12.8. The SMILES string of the molecule is CC(N)c1ncc(-c2cc(Cl)ccc2F)o1. The lowest BCUT2D eigenvalue weighted by molar-refractivity contribution is 0.471. The van der Waals surface area contributed by atoms with Gasteiger partial charge in [0.2, 0.25) is 5.89 Å². The molecule has 2 rings (SSSR count). The molecule has 0 radical (unpaired) electrons. The minimum atomic E-state index is -0.406. The summed E-state index contributed by atoms with van der Waals surface area (Å²) in [5, 5.41) is 0.440. The molecular weight excluding hydrogens is 231 g/mol. The quantitative estimate of drug-likeness (QED) is 0.877. The van der Waals surface area contributed by atoms with Crippen LogP contribution in [-0.2, 0) is 0 Å². The smallest absolute Gasteiger partial charge is 0.211 e. The van der Waals surface area contributed by atoms with Gasteiger partial charge < -0.3 is 10.2 Å². The van der Waals surface area contributed by atoms with Crippen molar-refractivity contribution in [3.8, 4) is 11.3 Å². The highest BCUT2D eigenvalue weighted by Crippen LogP contribution is 2.27. The molecule has 0 aliphatic rings. The first kappa shape index (κ1) is 11.1. The Balaban J connectivity index is 2.46. The van der Waals surface area contributed by atoms with E-state index >= 15 is 0 Å². The van der Waals surface area contributed by atoms with Crippen molar-refractivity contribution in [1.82, 2.24) is 4.98 Å². The van der Waals surface area contributed by atoms with Crippen molar-refractivity contribution in [2.75, 3.05) is 0 Å². The van der Waals surface area contributed by atoms with Gasteiger partial charge >= 0.3 is 0 Å². The predicted octanol–water partition coefficient (Wildman–Crippen LogP) is 3.15. The lowest BCUT2D eigenvalue weighted by Crippen LogP contribution is -2.04. The van der Waals surface area contributed by atoms with Crippen LogP contribution in [0.4, 0.5) is 4.39 Å². The highest BCUT2D eigenvalue weighted by molar-refractivity contribution is 6.30. The van der Waals surface area contributed by atoms with Gasteiger partial charge in [0.25, 0.3) is 0 Å². The topological polar surface area (TPSA) is 52.0 Å². The average Bonchev–Trinajstić information content (AvgIpc) is 2.70. The highest BCUT2D eigenvalue weighted by atomic mass is 35.5. The van der Waals surface area contributed by atoms with E-state index in [4.69, 9.17) is 21.8 Å². The van der Waals surface area contributed by atoms with Gasteiger partial charge in [0.15, 0.2) is 5.76 Å². The first-order chi connectivity index (χ1) is 7.58. The van der Waals surface area contributed by atoms with Gasteiger partial charge in [0.05, 0.1) is 17.8 Å². The Hall–Kier alpha value is -1.39. The molecule has 1 atom stereocenters. The van der Waals surface area contributed by atoms with Gasteiger partial charge in [0, 0.05) is 5.02 Å². The Morgan fingerprint density at radius 3 is 2.88 bits per heavy atom. The summed E-state index contributed by atoms with van der Waals surface area (Å²) in [6, 6.07) is 3.92. The minimum absolute atomic E-state index is 0.284. The molecule has 1 heterocycles. The molecule has 2 aromatic rings. The maximum atomic E-state index is 13.5. The van der Waals surface area contributed by atoms with Gasteiger partial charge in [-0.3, -0.25) is 0 Å². The van der Waals surface area contributed by atoms with Crippen LogP contribution in [0.2, 0.25) is 5.02 Å². The van der Waals surface area contributed by atoms with Crippen LogP contribution in [0, 0.1) is 5.82 Å². The molecule has 0 aliphatic carbocycles. The molecule has 5 heteroatoms. The number of benzene rings is 1. The number of hydrogen-bond donors (Lipinski definition) is 1. The van der Waals surface area contributed by atoms with Gasteiger partial charge in [-0.05, 0) is 25.1 Å². The molecule has 0 saturated heterocycles. The van der Waals surface area contributed by atoms with Crippen LogP contribution in [0.1, 0.15) is 18.9 Å². The molecule has 0 amide bonds.